The van der Waals surface area contributed by atoms with Crippen LogP contribution in [-0.4, -0.2) is 31.4 Å². The number of benzene rings is 2. The average Bonchev–Trinajstić information content (AvgIpc) is 3.17. The molecular weight excluding hydrogens is 369 g/mol. The van der Waals surface area contributed by atoms with E-state index >= 15 is 0 Å². The summed E-state index contributed by atoms with van der Waals surface area (Å²) in [5, 5.41) is 2.68. The van der Waals surface area contributed by atoms with E-state index in [0.29, 0.717) is 11.4 Å². The van der Waals surface area contributed by atoms with Crippen LogP contribution in [0.1, 0.15) is 19.8 Å². The first-order chi connectivity index (χ1) is 12.9. The fourth-order valence-electron chi connectivity index (χ4n) is 3.11. The normalized spacial score (nSPS) is 13.5. The molecule has 142 valence electrons. The number of nitrogens with zero attached hydrogens (tertiary/aromatic N) is 2. The molecule has 7 heteroatoms. The Kier molecular flexibility index (Phi) is 5.96. The Morgan fingerprint density at radius 3 is 2.41 bits per heavy atom. The smallest absolute Gasteiger partial charge is 0.244 e. The number of amides is 2. The molecule has 3 rings (SSSR count). The van der Waals surface area contributed by atoms with Gasteiger partial charge in [-0.15, -0.1) is 0 Å². The highest BCUT2D eigenvalue weighted by Gasteiger charge is 2.17. The fourth-order valence-corrected chi connectivity index (χ4v) is 3.29. The van der Waals surface area contributed by atoms with E-state index < -0.39 is 5.82 Å². The number of nitrogens with one attached hydrogen (secondary N) is 1. The molecule has 0 atom stereocenters. The Hall–Kier alpha value is -2.60. The van der Waals surface area contributed by atoms with Crippen LogP contribution in [0.3, 0.4) is 0 Å². The molecule has 0 radical (unpaired) electrons. The van der Waals surface area contributed by atoms with Gasteiger partial charge in [0.25, 0.3) is 0 Å². The van der Waals surface area contributed by atoms with Gasteiger partial charge in [-0.2, -0.15) is 0 Å². The third-order valence-corrected chi connectivity index (χ3v) is 4.81. The van der Waals surface area contributed by atoms with Gasteiger partial charge in [0, 0.05) is 37.1 Å². The molecule has 0 saturated carbocycles. The van der Waals surface area contributed by atoms with Crippen LogP contribution in [0.5, 0.6) is 0 Å². The lowest BCUT2D eigenvalue weighted by Crippen LogP contribution is -2.36. The largest absolute Gasteiger partial charge is 0.372 e. The Balaban J connectivity index is 1.65. The van der Waals surface area contributed by atoms with Crippen molar-refractivity contribution < 1.29 is 14.0 Å². The van der Waals surface area contributed by atoms with Crippen molar-refractivity contribution in [1.82, 2.24) is 0 Å². The predicted octanol–water partition coefficient (Wildman–Crippen LogP) is 4.07. The van der Waals surface area contributed by atoms with Gasteiger partial charge >= 0.3 is 0 Å². The molecule has 0 spiro atoms. The monoisotopic (exact) mass is 389 g/mol. The second-order valence-corrected chi connectivity index (χ2v) is 6.90. The van der Waals surface area contributed by atoms with Crippen molar-refractivity contribution >= 4 is 40.5 Å². The lowest BCUT2D eigenvalue weighted by molar-refractivity contribution is -0.120. The molecule has 2 aromatic carbocycles. The van der Waals surface area contributed by atoms with Crippen molar-refractivity contribution in [2.75, 3.05) is 34.8 Å². The molecule has 0 unspecified atom stereocenters. The molecule has 5 nitrogen and oxygen atoms in total. The molecule has 1 fully saturated rings. The summed E-state index contributed by atoms with van der Waals surface area (Å²) in [6, 6.07) is 11.6. The minimum Gasteiger partial charge on any atom is -0.372 e. The summed E-state index contributed by atoms with van der Waals surface area (Å²) < 4.78 is 13.3. The summed E-state index contributed by atoms with van der Waals surface area (Å²) in [7, 11) is 0. The number of halogens is 2. The molecule has 1 aliphatic rings. The van der Waals surface area contributed by atoms with E-state index in [2.05, 4.69) is 10.2 Å². The predicted molar refractivity (Wildman–Crippen MR) is 106 cm³/mol. The molecule has 2 amide bonds. The number of anilines is 3. The molecule has 0 bridgehead atoms. The van der Waals surface area contributed by atoms with Gasteiger partial charge in [-0.25, -0.2) is 4.39 Å². The summed E-state index contributed by atoms with van der Waals surface area (Å²) in [6.07, 6.45) is 2.40. The number of carbonyl (C=O) groups excluding carboxylic acids is 2. The van der Waals surface area contributed by atoms with Gasteiger partial charge in [-0.05, 0) is 55.3 Å². The number of carbonyl (C=O) groups is 2. The van der Waals surface area contributed by atoms with Gasteiger partial charge in [-0.1, -0.05) is 11.6 Å². The minimum absolute atomic E-state index is 0.100. The van der Waals surface area contributed by atoms with Gasteiger partial charge in [0.15, 0.2) is 0 Å². The number of hydrogen-bond acceptors (Lipinski definition) is 3. The SMILES string of the molecule is CC(=O)N(CC(=O)Nc1ccc(N2CCCC2)cc1)c1ccc(F)c(Cl)c1. The molecule has 1 N–H and O–H groups in total. The standard InChI is InChI=1S/C20H21ClFN3O2/c1-14(26)25(17-8-9-19(22)18(21)12-17)13-20(27)23-15-4-6-16(7-5-15)24-10-2-3-11-24/h4-9,12H,2-3,10-11,13H2,1H3,(H,23,27). The van der Waals surface area contributed by atoms with Gasteiger partial charge in [-0.3, -0.25) is 9.59 Å². The van der Waals surface area contributed by atoms with Crippen LogP contribution in [0.2, 0.25) is 5.02 Å². The summed E-state index contributed by atoms with van der Waals surface area (Å²) in [5.74, 6) is -1.26. The molecule has 0 aromatic heterocycles. The van der Waals surface area contributed by atoms with Crippen molar-refractivity contribution in [3.63, 3.8) is 0 Å². The lowest BCUT2D eigenvalue weighted by Gasteiger charge is -2.21. The minimum atomic E-state index is -0.577. The van der Waals surface area contributed by atoms with E-state index in [0.717, 1.165) is 18.8 Å². The molecule has 1 saturated heterocycles. The Morgan fingerprint density at radius 2 is 1.81 bits per heavy atom. The molecule has 2 aromatic rings. The van der Waals surface area contributed by atoms with E-state index in [-0.39, 0.29) is 23.4 Å². The maximum atomic E-state index is 13.3. The van der Waals surface area contributed by atoms with Gasteiger partial charge in [0.1, 0.15) is 12.4 Å². The lowest BCUT2D eigenvalue weighted by atomic mass is 10.2. The van der Waals surface area contributed by atoms with E-state index in [1.165, 1.54) is 42.9 Å². The third kappa shape index (κ3) is 4.77. The Labute approximate surface area is 162 Å². The first kappa shape index (κ1) is 19.2. The summed E-state index contributed by atoms with van der Waals surface area (Å²) in [6.45, 7) is 3.26. The second kappa shape index (κ2) is 8.39. The highest BCUT2D eigenvalue weighted by atomic mass is 35.5. The van der Waals surface area contributed by atoms with Crippen molar-refractivity contribution in [3.8, 4) is 0 Å². The highest BCUT2D eigenvalue weighted by Crippen LogP contribution is 2.24. The fraction of sp³-hybridized carbons (Fsp3) is 0.300. The number of rotatable bonds is 5. The topological polar surface area (TPSA) is 52.7 Å². The Bertz CT molecular complexity index is 836. The van der Waals surface area contributed by atoms with Crippen molar-refractivity contribution in [2.24, 2.45) is 0 Å². The summed E-state index contributed by atoms with van der Waals surface area (Å²) >= 11 is 5.78. The molecule has 0 aliphatic carbocycles. The zero-order chi connectivity index (χ0) is 19.4. The van der Waals surface area contributed by atoms with Crippen LogP contribution in [-0.2, 0) is 9.59 Å². The van der Waals surface area contributed by atoms with Crippen molar-refractivity contribution in [2.45, 2.75) is 19.8 Å². The third-order valence-electron chi connectivity index (χ3n) is 4.52. The molecule has 1 aliphatic heterocycles. The van der Waals surface area contributed by atoms with Crippen LogP contribution in [0, 0.1) is 5.82 Å². The first-order valence-electron chi connectivity index (χ1n) is 8.82. The maximum Gasteiger partial charge on any atom is 0.244 e. The summed E-state index contributed by atoms with van der Waals surface area (Å²) in [4.78, 5) is 27.9. The average molecular weight is 390 g/mol. The van der Waals surface area contributed by atoms with E-state index in [9.17, 15) is 14.0 Å². The van der Waals surface area contributed by atoms with E-state index in [1.54, 1.807) is 0 Å². The quantitative estimate of drug-likeness (QED) is 0.838. The van der Waals surface area contributed by atoms with Crippen LogP contribution in [0.25, 0.3) is 0 Å². The van der Waals surface area contributed by atoms with E-state index in [1.807, 2.05) is 24.3 Å². The Morgan fingerprint density at radius 1 is 1.15 bits per heavy atom. The molecular formula is C20H21ClFN3O2. The van der Waals surface area contributed by atoms with E-state index in [4.69, 9.17) is 11.6 Å². The summed E-state index contributed by atoms with van der Waals surface area (Å²) in [5.41, 5.74) is 2.16. The zero-order valence-electron chi connectivity index (χ0n) is 15.0. The second-order valence-electron chi connectivity index (χ2n) is 6.49. The van der Waals surface area contributed by atoms with Crippen LogP contribution >= 0.6 is 11.6 Å². The van der Waals surface area contributed by atoms with Crippen LogP contribution in [0.4, 0.5) is 21.5 Å². The highest BCUT2D eigenvalue weighted by molar-refractivity contribution is 6.31. The van der Waals surface area contributed by atoms with Crippen LogP contribution < -0.4 is 15.1 Å². The number of hydrogen-bond donors (Lipinski definition) is 1. The molecule has 27 heavy (non-hydrogen) atoms. The molecule has 1 heterocycles. The van der Waals surface area contributed by atoms with Gasteiger partial charge in [0.2, 0.25) is 11.8 Å². The zero-order valence-corrected chi connectivity index (χ0v) is 15.8. The van der Waals surface area contributed by atoms with Crippen molar-refractivity contribution in [1.29, 1.82) is 0 Å². The van der Waals surface area contributed by atoms with Crippen molar-refractivity contribution in [3.05, 3.63) is 53.3 Å². The van der Waals surface area contributed by atoms with Gasteiger partial charge in [0.05, 0.1) is 5.02 Å². The van der Waals surface area contributed by atoms with Crippen LogP contribution in [0.15, 0.2) is 42.5 Å². The van der Waals surface area contributed by atoms with Gasteiger partial charge < -0.3 is 15.1 Å². The maximum absolute atomic E-state index is 13.3. The first-order valence-corrected chi connectivity index (χ1v) is 9.20.